The van der Waals surface area contributed by atoms with Gasteiger partial charge in [-0.1, -0.05) is 17.7 Å². The van der Waals surface area contributed by atoms with Crippen LogP contribution in [0, 0.1) is 6.92 Å². The molecule has 132 valence electrons. The normalized spacial score (nSPS) is 14.5. The number of benzene rings is 1. The fraction of sp³-hybridized carbons (Fsp3) is 0.263. The van der Waals surface area contributed by atoms with Gasteiger partial charge in [0.1, 0.15) is 12.1 Å². The van der Waals surface area contributed by atoms with Crippen molar-refractivity contribution in [2.75, 3.05) is 31.1 Å². The lowest BCUT2D eigenvalue weighted by Gasteiger charge is -2.35. The van der Waals surface area contributed by atoms with Crippen LogP contribution in [0.2, 0.25) is 0 Å². The second kappa shape index (κ2) is 6.95. The van der Waals surface area contributed by atoms with Crippen molar-refractivity contribution in [3.63, 3.8) is 0 Å². The summed E-state index contributed by atoms with van der Waals surface area (Å²) in [6.45, 7) is 4.86. The molecular weight excluding hydrogens is 328 g/mol. The number of hydrogen-bond donors (Lipinski definition) is 0. The Morgan fingerprint density at radius 3 is 2.42 bits per heavy atom. The summed E-state index contributed by atoms with van der Waals surface area (Å²) in [5, 5.41) is 4.20. The number of hydrogen-bond acceptors (Lipinski definition) is 5. The van der Waals surface area contributed by atoms with E-state index < -0.39 is 0 Å². The van der Waals surface area contributed by atoms with Crippen molar-refractivity contribution >= 4 is 11.7 Å². The molecule has 1 aliphatic rings. The average Bonchev–Trinajstić information content (AvgIpc) is 3.23. The lowest BCUT2D eigenvalue weighted by Crippen LogP contribution is -2.49. The van der Waals surface area contributed by atoms with Crippen molar-refractivity contribution in [3.05, 3.63) is 66.2 Å². The minimum Gasteiger partial charge on any atom is -0.353 e. The first-order valence-electron chi connectivity index (χ1n) is 8.64. The van der Waals surface area contributed by atoms with Crippen molar-refractivity contribution in [1.82, 2.24) is 24.6 Å². The summed E-state index contributed by atoms with van der Waals surface area (Å²) >= 11 is 0. The fourth-order valence-corrected chi connectivity index (χ4v) is 3.06. The van der Waals surface area contributed by atoms with E-state index in [-0.39, 0.29) is 5.91 Å². The van der Waals surface area contributed by atoms with E-state index in [0.717, 1.165) is 35.9 Å². The van der Waals surface area contributed by atoms with Crippen LogP contribution >= 0.6 is 0 Å². The summed E-state index contributed by atoms with van der Waals surface area (Å²) in [4.78, 5) is 25.4. The summed E-state index contributed by atoms with van der Waals surface area (Å²) in [6.07, 6.45) is 5.12. The number of carbonyl (C=O) groups is 1. The molecule has 3 heterocycles. The molecule has 1 fully saturated rings. The number of nitrogens with zero attached hydrogens (tertiary/aromatic N) is 6. The lowest BCUT2D eigenvalue weighted by molar-refractivity contribution is 0.0746. The van der Waals surface area contributed by atoms with Crippen molar-refractivity contribution in [2.45, 2.75) is 6.92 Å². The Balaban J connectivity index is 1.43. The molecule has 7 heteroatoms. The van der Waals surface area contributed by atoms with Gasteiger partial charge in [-0.3, -0.25) is 4.79 Å². The smallest absolute Gasteiger partial charge is 0.253 e. The number of aryl methyl sites for hydroxylation is 1. The second-order valence-electron chi connectivity index (χ2n) is 6.33. The maximum atomic E-state index is 12.6. The highest BCUT2D eigenvalue weighted by Gasteiger charge is 2.23. The Labute approximate surface area is 151 Å². The third kappa shape index (κ3) is 3.28. The van der Waals surface area contributed by atoms with Crippen LogP contribution in [0.1, 0.15) is 15.9 Å². The topological polar surface area (TPSA) is 67.2 Å². The first kappa shape index (κ1) is 16.3. The Morgan fingerprint density at radius 1 is 1.00 bits per heavy atom. The first-order valence-corrected chi connectivity index (χ1v) is 8.64. The maximum absolute atomic E-state index is 12.6. The van der Waals surface area contributed by atoms with Crippen molar-refractivity contribution < 1.29 is 4.79 Å². The monoisotopic (exact) mass is 348 g/mol. The molecule has 7 nitrogen and oxygen atoms in total. The molecule has 1 amide bonds. The number of aromatic nitrogens is 4. The van der Waals surface area contributed by atoms with Crippen LogP contribution in [-0.4, -0.2) is 56.7 Å². The highest BCUT2D eigenvalue weighted by Crippen LogP contribution is 2.17. The van der Waals surface area contributed by atoms with E-state index in [1.807, 2.05) is 54.4 Å². The number of piperazine rings is 1. The Bertz CT molecular complexity index is 883. The minimum atomic E-state index is 0.0876. The molecule has 1 saturated heterocycles. The zero-order valence-corrected chi connectivity index (χ0v) is 14.6. The predicted molar refractivity (Wildman–Crippen MR) is 98.4 cm³/mol. The van der Waals surface area contributed by atoms with Crippen LogP contribution in [0.4, 0.5) is 5.82 Å². The molecule has 3 aromatic rings. The Morgan fingerprint density at radius 2 is 1.73 bits per heavy atom. The van der Waals surface area contributed by atoms with Crippen LogP contribution < -0.4 is 4.90 Å². The van der Waals surface area contributed by atoms with Gasteiger partial charge in [-0.2, -0.15) is 5.10 Å². The van der Waals surface area contributed by atoms with Crippen LogP contribution in [0.3, 0.4) is 0 Å². The molecule has 26 heavy (non-hydrogen) atoms. The average molecular weight is 348 g/mol. The maximum Gasteiger partial charge on any atom is 0.253 e. The van der Waals surface area contributed by atoms with Crippen molar-refractivity contribution in [1.29, 1.82) is 0 Å². The number of carbonyl (C=O) groups excluding carboxylic acids is 1. The molecule has 1 aliphatic heterocycles. The molecule has 0 N–H and O–H groups in total. The molecule has 0 bridgehead atoms. The lowest BCUT2D eigenvalue weighted by atomic mass is 10.1. The summed E-state index contributed by atoms with van der Waals surface area (Å²) < 4.78 is 1.71. The van der Waals surface area contributed by atoms with Crippen LogP contribution in [-0.2, 0) is 0 Å². The van der Waals surface area contributed by atoms with E-state index in [2.05, 4.69) is 20.0 Å². The Kier molecular flexibility index (Phi) is 4.35. The molecule has 1 aromatic carbocycles. The highest BCUT2D eigenvalue weighted by molar-refractivity contribution is 5.94. The van der Waals surface area contributed by atoms with Crippen LogP contribution in [0.5, 0.6) is 0 Å². The SMILES string of the molecule is Cc1ccc(C(=O)N2CCN(c3cc(-n4cccn4)ncn3)CC2)cc1. The highest BCUT2D eigenvalue weighted by atomic mass is 16.2. The summed E-state index contributed by atoms with van der Waals surface area (Å²) in [6, 6.07) is 11.5. The van der Waals surface area contributed by atoms with E-state index in [9.17, 15) is 4.79 Å². The molecule has 0 unspecified atom stereocenters. The number of rotatable bonds is 3. The van der Waals surface area contributed by atoms with Gasteiger partial charge in [-0.25, -0.2) is 14.6 Å². The summed E-state index contributed by atoms with van der Waals surface area (Å²) in [7, 11) is 0. The minimum absolute atomic E-state index is 0.0876. The molecular formula is C19H20N6O. The zero-order valence-electron chi connectivity index (χ0n) is 14.6. The van der Waals surface area contributed by atoms with E-state index >= 15 is 0 Å². The quantitative estimate of drug-likeness (QED) is 0.724. The van der Waals surface area contributed by atoms with Gasteiger partial charge in [-0.15, -0.1) is 0 Å². The number of amides is 1. The number of anilines is 1. The molecule has 0 saturated carbocycles. The van der Waals surface area contributed by atoms with Crippen LogP contribution in [0.15, 0.2) is 55.1 Å². The summed E-state index contributed by atoms with van der Waals surface area (Å²) in [5.41, 5.74) is 1.90. The van der Waals surface area contributed by atoms with Gasteiger partial charge >= 0.3 is 0 Å². The van der Waals surface area contributed by atoms with E-state index in [0.29, 0.717) is 13.1 Å². The molecule has 2 aromatic heterocycles. The molecule has 4 rings (SSSR count). The van der Waals surface area contributed by atoms with Crippen molar-refractivity contribution in [2.24, 2.45) is 0 Å². The van der Waals surface area contributed by atoms with Gasteiger partial charge in [0.15, 0.2) is 5.82 Å². The van der Waals surface area contributed by atoms with Crippen molar-refractivity contribution in [3.8, 4) is 5.82 Å². The first-order chi connectivity index (χ1) is 12.7. The van der Waals surface area contributed by atoms with Crippen LogP contribution in [0.25, 0.3) is 5.82 Å². The second-order valence-corrected chi connectivity index (χ2v) is 6.33. The van der Waals surface area contributed by atoms with Gasteiger partial charge in [0.05, 0.1) is 0 Å². The van der Waals surface area contributed by atoms with Gasteiger partial charge < -0.3 is 9.80 Å². The Hall–Kier alpha value is -3.22. The van der Waals surface area contributed by atoms with Gasteiger partial charge in [0.25, 0.3) is 5.91 Å². The third-order valence-corrected chi connectivity index (χ3v) is 4.57. The van der Waals surface area contributed by atoms with Gasteiger partial charge in [0.2, 0.25) is 0 Å². The fourth-order valence-electron chi connectivity index (χ4n) is 3.06. The molecule has 0 radical (unpaired) electrons. The summed E-state index contributed by atoms with van der Waals surface area (Å²) in [5.74, 6) is 1.68. The van der Waals surface area contributed by atoms with E-state index in [1.54, 1.807) is 17.2 Å². The standard InChI is InChI=1S/C19H20N6O/c1-15-3-5-16(6-4-15)19(26)24-11-9-23(10-12-24)17-13-18(21-14-20-17)25-8-2-7-22-25/h2-8,13-14H,9-12H2,1H3. The molecule has 0 atom stereocenters. The molecule has 0 aliphatic carbocycles. The van der Waals surface area contributed by atoms with Gasteiger partial charge in [-0.05, 0) is 25.1 Å². The largest absolute Gasteiger partial charge is 0.353 e. The van der Waals surface area contributed by atoms with Gasteiger partial charge in [0, 0.05) is 50.2 Å². The van der Waals surface area contributed by atoms with E-state index in [4.69, 9.17) is 0 Å². The molecule has 0 spiro atoms. The predicted octanol–water partition coefficient (Wildman–Crippen LogP) is 1.93. The third-order valence-electron chi connectivity index (χ3n) is 4.57. The zero-order chi connectivity index (χ0) is 17.9. The van der Waals surface area contributed by atoms with E-state index in [1.165, 1.54) is 0 Å².